The number of anilines is 1. The molecule has 0 saturated heterocycles. The third kappa shape index (κ3) is 3.14. The minimum atomic E-state index is -3.90. The summed E-state index contributed by atoms with van der Waals surface area (Å²) in [5, 5.41) is 9.11. The smallest absolute Gasteiger partial charge is 0.336 e. The van der Waals surface area contributed by atoms with Gasteiger partial charge in [-0.05, 0) is 41.1 Å². The van der Waals surface area contributed by atoms with Crippen LogP contribution in [-0.2, 0) is 10.0 Å². The minimum absolute atomic E-state index is 0.127. The van der Waals surface area contributed by atoms with Gasteiger partial charge >= 0.3 is 5.97 Å². The maximum absolute atomic E-state index is 12.1. The van der Waals surface area contributed by atoms with Crippen LogP contribution in [-0.4, -0.2) is 28.9 Å². The van der Waals surface area contributed by atoms with Gasteiger partial charge in [-0.3, -0.25) is 4.72 Å². The maximum atomic E-state index is 12.1. The number of hydrogen-bond donors (Lipinski definition) is 2. The molecule has 0 spiro atoms. The minimum Gasteiger partial charge on any atom is -0.478 e. The van der Waals surface area contributed by atoms with Crippen LogP contribution in [0.5, 0.6) is 0 Å². The highest BCUT2D eigenvalue weighted by Gasteiger charge is 2.19. The molecule has 1 aromatic carbocycles. The summed E-state index contributed by atoms with van der Waals surface area (Å²) in [6.45, 7) is 1.64. The van der Waals surface area contributed by atoms with Crippen molar-refractivity contribution >= 4 is 48.6 Å². The third-order valence-electron chi connectivity index (χ3n) is 2.23. The molecule has 0 bridgehead atoms. The Morgan fingerprint density at radius 1 is 1.45 bits per heavy atom. The van der Waals surface area contributed by atoms with Gasteiger partial charge in [0.05, 0.1) is 10.5 Å². The molecule has 0 aliphatic carbocycles. The van der Waals surface area contributed by atoms with E-state index in [4.69, 9.17) is 5.11 Å². The van der Waals surface area contributed by atoms with E-state index in [1.807, 2.05) is 0 Å². The lowest BCUT2D eigenvalue weighted by atomic mass is 10.2. The fourth-order valence-electron chi connectivity index (χ4n) is 1.35. The monoisotopic (exact) mass is 377 g/mol. The molecule has 7 nitrogen and oxygen atoms in total. The van der Waals surface area contributed by atoms with E-state index in [1.54, 1.807) is 6.92 Å². The summed E-state index contributed by atoms with van der Waals surface area (Å²) in [6.07, 6.45) is 0. The van der Waals surface area contributed by atoms with Gasteiger partial charge in [-0.25, -0.2) is 18.2 Å². The average molecular weight is 378 g/mol. The Morgan fingerprint density at radius 3 is 2.70 bits per heavy atom. The van der Waals surface area contributed by atoms with E-state index in [1.165, 1.54) is 12.1 Å². The summed E-state index contributed by atoms with van der Waals surface area (Å²) in [7, 11) is -3.90. The second kappa shape index (κ2) is 5.46. The van der Waals surface area contributed by atoms with Gasteiger partial charge in [0.25, 0.3) is 10.0 Å². The van der Waals surface area contributed by atoms with Crippen molar-refractivity contribution in [2.45, 2.75) is 11.8 Å². The number of aryl methyl sites for hydroxylation is 1. The van der Waals surface area contributed by atoms with Crippen LogP contribution in [0.2, 0.25) is 0 Å². The largest absolute Gasteiger partial charge is 0.478 e. The second-order valence-electron chi connectivity index (χ2n) is 3.70. The number of aromatic nitrogens is 2. The third-order valence-corrected chi connectivity index (χ3v) is 5.11. The van der Waals surface area contributed by atoms with E-state index in [0.29, 0.717) is 10.3 Å². The Hall–Kier alpha value is -1.52. The van der Waals surface area contributed by atoms with Crippen LogP contribution in [0.1, 0.15) is 16.2 Å². The van der Waals surface area contributed by atoms with Crippen LogP contribution in [0.3, 0.4) is 0 Å². The maximum Gasteiger partial charge on any atom is 0.336 e. The van der Waals surface area contributed by atoms with E-state index >= 15 is 0 Å². The van der Waals surface area contributed by atoms with Gasteiger partial charge in [0, 0.05) is 16.0 Å². The molecule has 0 amide bonds. The summed E-state index contributed by atoms with van der Waals surface area (Å²) in [5.74, 6) is -0.768. The van der Waals surface area contributed by atoms with Crippen LogP contribution in [0, 0.1) is 6.92 Å². The number of halogens is 1. The van der Waals surface area contributed by atoms with Gasteiger partial charge in [-0.2, -0.15) is 4.37 Å². The van der Waals surface area contributed by atoms with Crippen molar-refractivity contribution in [2.24, 2.45) is 0 Å². The number of nitrogens with zero attached hydrogens (tertiary/aromatic N) is 2. The molecular formula is C10H8BrN3O4S2. The number of hydrogen-bond acceptors (Lipinski definition) is 6. The quantitative estimate of drug-likeness (QED) is 0.844. The van der Waals surface area contributed by atoms with Gasteiger partial charge in [0.2, 0.25) is 5.13 Å². The zero-order valence-electron chi connectivity index (χ0n) is 9.99. The molecule has 0 saturated carbocycles. The average Bonchev–Trinajstić information content (AvgIpc) is 2.73. The van der Waals surface area contributed by atoms with Crippen molar-refractivity contribution < 1.29 is 18.3 Å². The molecule has 0 atom stereocenters. The van der Waals surface area contributed by atoms with Crippen LogP contribution in [0.15, 0.2) is 27.6 Å². The van der Waals surface area contributed by atoms with Crippen LogP contribution >= 0.6 is 27.5 Å². The summed E-state index contributed by atoms with van der Waals surface area (Å²) in [4.78, 5) is 14.7. The Labute approximate surface area is 127 Å². The molecule has 2 rings (SSSR count). The Morgan fingerprint density at radius 2 is 2.15 bits per heavy atom. The summed E-state index contributed by atoms with van der Waals surface area (Å²) in [5.41, 5.74) is -0.138. The zero-order valence-corrected chi connectivity index (χ0v) is 13.2. The van der Waals surface area contributed by atoms with Gasteiger partial charge in [-0.15, -0.1) is 0 Å². The number of sulfonamides is 1. The number of aromatic carboxylic acids is 1. The van der Waals surface area contributed by atoms with Crippen molar-refractivity contribution in [1.29, 1.82) is 0 Å². The molecule has 2 N–H and O–H groups in total. The highest BCUT2D eigenvalue weighted by Crippen LogP contribution is 2.23. The first-order chi connectivity index (χ1) is 9.29. The second-order valence-corrected chi connectivity index (χ2v) is 6.99. The molecule has 0 unspecified atom stereocenters. The number of nitrogens with one attached hydrogen (secondary N) is 1. The molecule has 1 aromatic heterocycles. The number of carboxylic acid groups (broad SMARTS) is 1. The fraction of sp³-hybridized carbons (Fsp3) is 0.100. The number of rotatable bonds is 4. The van der Waals surface area contributed by atoms with Crippen molar-refractivity contribution in [1.82, 2.24) is 9.36 Å². The molecule has 0 aliphatic heterocycles. The molecule has 0 fully saturated rings. The molecule has 0 radical (unpaired) electrons. The fourth-order valence-corrected chi connectivity index (χ4v) is 3.59. The lowest BCUT2D eigenvalue weighted by Gasteiger charge is -2.06. The molecule has 20 heavy (non-hydrogen) atoms. The van der Waals surface area contributed by atoms with E-state index in [0.717, 1.165) is 17.6 Å². The predicted molar refractivity (Wildman–Crippen MR) is 76.6 cm³/mol. The summed E-state index contributed by atoms with van der Waals surface area (Å²) < 4.78 is 30.6. The number of benzene rings is 1. The molecule has 2 aromatic rings. The number of carboxylic acids is 1. The first-order valence-corrected chi connectivity index (χ1v) is 8.20. The normalized spacial score (nSPS) is 11.3. The standard InChI is InChI=1S/C10H8BrN3O4S2/c1-5-12-10(19-13-5)14-20(17,18)6-2-3-8(11)7(4-6)9(15)16/h2-4H,1H3,(H,15,16)(H,12,13,14). The van der Waals surface area contributed by atoms with Crippen molar-refractivity contribution in [3.8, 4) is 0 Å². The Balaban J connectivity index is 2.39. The SMILES string of the molecule is Cc1nsc(NS(=O)(=O)c2ccc(Br)c(C(=O)O)c2)n1. The van der Waals surface area contributed by atoms with Gasteiger partial charge in [0.15, 0.2) is 0 Å². The first kappa shape index (κ1) is 14.9. The predicted octanol–water partition coefficient (Wildman–Crippen LogP) is 2.11. The molecule has 1 heterocycles. The topological polar surface area (TPSA) is 109 Å². The first-order valence-electron chi connectivity index (χ1n) is 5.15. The molecular weight excluding hydrogens is 370 g/mol. The summed E-state index contributed by atoms with van der Waals surface area (Å²) >= 11 is 3.96. The lowest BCUT2D eigenvalue weighted by molar-refractivity contribution is 0.0695. The van der Waals surface area contributed by atoms with Crippen molar-refractivity contribution in [3.63, 3.8) is 0 Å². The molecule has 0 aliphatic rings. The van der Waals surface area contributed by atoms with E-state index < -0.39 is 16.0 Å². The highest BCUT2D eigenvalue weighted by molar-refractivity contribution is 9.10. The Bertz CT molecular complexity index is 773. The van der Waals surface area contributed by atoms with E-state index in [2.05, 4.69) is 30.0 Å². The summed E-state index contributed by atoms with van der Waals surface area (Å²) in [6, 6.07) is 3.73. The van der Waals surface area contributed by atoms with Gasteiger partial charge < -0.3 is 5.11 Å². The van der Waals surface area contributed by atoms with Crippen LogP contribution < -0.4 is 4.72 Å². The van der Waals surface area contributed by atoms with Crippen LogP contribution in [0.4, 0.5) is 5.13 Å². The molecule has 10 heteroatoms. The van der Waals surface area contributed by atoms with E-state index in [-0.39, 0.29) is 15.6 Å². The van der Waals surface area contributed by atoms with Gasteiger partial charge in [0.1, 0.15) is 5.82 Å². The van der Waals surface area contributed by atoms with Crippen molar-refractivity contribution in [3.05, 3.63) is 34.1 Å². The number of carbonyl (C=O) groups is 1. The van der Waals surface area contributed by atoms with Gasteiger partial charge in [-0.1, -0.05) is 0 Å². The Kier molecular flexibility index (Phi) is 4.06. The van der Waals surface area contributed by atoms with Crippen molar-refractivity contribution in [2.75, 3.05) is 4.72 Å². The van der Waals surface area contributed by atoms with Crippen LogP contribution in [0.25, 0.3) is 0 Å². The highest BCUT2D eigenvalue weighted by atomic mass is 79.9. The molecule has 106 valence electrons. The zero-order chi connectivity index (χ0) is 14.9. The lowest BCUT2D eigenvalue weighted by Crippen LogP contribution is -2.13. The van der Waals surface area contributed by atoms with E-state index in [9.17, 15) is 13.2 Å².